The van der Waals surface area contributed by atoms with Crippen LogP contribution in [-0.4, -0.2) is 34.8 Å². The zero-order valence-corrected chi connectivity index (χ0v) is 18.8. The Morgan fingerprint density at radius 2 is 1.59 bits per heavy atom. The molecule has 1 heterocycles. The van der Waals surface area contributed by atoms with Gasteiger partial charge < -0.3 is 5.32 Å². The van der Waals surface area contributed by atoms with Crippen LogP contribution in [0.2, 0.25) is 0 Å². The van der Waals surface area contributed by atoms with Crippen molar-refractivity contribution >= 4 is 37.3 Å². The predicted molar refractivity (Wildman–Crippen MR) is 113 cm³/mol. The summed E-state index contributed by atoms with van der Waals surface area (Å²) in [5, 5.41) is 4.31. The van der Waals surface area contributed by atoms with Crippen molar-refractivity contribution in [2.24, 2.45) is 0 Å². The summed E-state index contributed by atoms with van der Waals surface area (Å²) in [5.41, 5.74) is 1.40. The van der Waals surface area contributed by atoms with Crippen LogP contribution in [0.25, 0.3) is 0 Å². The number of hydrogen-bond donors (Lipinski definition) is 3. The first kappa shape index (κ1) is 23.5. The molecule has 1 aromatic heterocycles. The second-order valence-electron chi connectivity index (χ2n) is 6.84. The van der Waals surface area contributed by atoms with Gasteiger partial charge in [0.2, 0.25) is 15.9 Å². The first-order valence-electron chi connectivity index (χ1n) is 8.90. The molecule has 29 heavy (non-hydrogen) atoms. The number of rotatable bonds is 10. The van der Waals surface area contributed by atoms with Gasteiger partial charge in [0, 0.05) is 12.6 Å². The molecule has 0 aliphatic rings. The van der Waals surface area contributed by atoms with E-state index >= 15 is 0 Å². The highest BCUT2D eigenvalue weighted by Crippen LogP contribution is 2.15. The topological polar surface area (TPSA) is 121 Å². The summed E-state index contributed by atoms with van der Waals surface area (Å²) in [5.74, 6) is -0.586. The molecule has 3 N–H and O–H groups in total. The zero-order valence-electron chi connectivity index (χ0n) is 16.4. The highest BCUT2D eigenvalue weighted by Gasteiger charge is 2.22. The number of carbonyl (C=O) groups excluding carboxylic acids is 1. The van der Waals surface area contributed by atoms with E-state index in [0.717, 1.165) is 16.9 Å². The Balaban J connectivity index is 1.88. The van der Waals surface area contributed by atoms with Crippen molar-refractivity contribution in [3.05, 3.63) is 52.9 Å². The second-order valence-corrected chi connectivity index (χ2v) is 11.5. The van der Waals surface area contributed by atoms with Crippen molar-refractivity contribution in [2.75, 3.05) is 0 Å². The molecule has 1 atom stereocenters. The maximum absolute atomic E-state index is 12.2. The van der Waals surface area contributed by atoms with Crippen LogP contribution in [0.15, 0.2) is 46.0 Å². The van der Waals surface area contributed by atoms with Crippen molar-refractivity contribution in [2.45, 2.75) is 49.4 Å². The molecule has 0 aliphatic heterocycles. The van der Waals surface area contributed by atoms with E-state index in [-0.39, 0.29) is 22.5 Å². The molecule has 0 aliphatic carbocycles. The van der Waals surface area contributed by atoms with Crippen molar-refractivity contribution in [3.8, 4) is 0 Å². The third-order valence-electron chi connectivity index (χ3n) is 3.75. The van der Waals surface area contributed by atoms with Crippen LogP contribution in [0.5, 0.6) is 0 Å². The van der Waals surface area contributed by atoms with Crippen LogP contribution in [0.1, 0.15) is 31.9 Å². The summed E-state index contributed by atoms with van der Waals surface area (Å²) in [6.45, 7) is 5.17. The van der Waals surface area contributed by atoms with Gasteiger partial charge in [0.25, 0.3) is 10.0 Å². The summed E-state index contributed by atoms with van der Waals surface area (Å²) < 4.78 is 53.3. The first-order valence-corrected chi connectivity index (χ1v) is 12.9. The van der Waals surface area contributed by atoms with Crippen LogP contribution in [0.4, 0.5) is 0 Å². The predicted octanol–water partition coefficient (Wildman–Crippen LogP) is 1.56. The molecular formula is C18H25N3O5S3. The van der Waals surface area contributed by atoms with Gasteiger partial charge >= 0.3 is 0 Å². The molecule has 0 fully saturated rings. The van der Waals surface area contributed by atoms with Crippen molar-refractivity contribution < 1.29 is 21.6 Å². The van der Waals surface area contributed by atoms with E-state index in [2.05, 4.69) is 14.8 Å². The van der Waals surface area contributed by atoms with E-state index in [1.165, 1.54) is 13.0 Å². The molecule has 0 bridgehead atoms. The fourth-order valence-corrected chi connectivity index (χ4v) is 6.12. The maximum Gasteiger partial charge on any atom is 0.250 e. The number of sulfonamides is 2. The minimum absolute atomic E-state index is 0.126. The molecule has 0 radical (unpaired) electrons. The average Bonchev–Trinajstić information content (AvgIpc) is 3.14. The smallest absolute Gasteiger partial charge is 0.250 e. The molecule has 2 aromatic rings. The van der Waals surface area contributed by atoms with E-state index in [1.807, 2.05) is 0 Å². The fourth-order valence-electron chi connectivity index (χ4n) is 2.48. The van der Waals surface area contributed by atoms with Gasteiger partial charge in [-0.25, -0.2) is 21.6 Å². The van der Waals surface area contributed by atoms with Crippen molar-refractivity contribution in [1.82, 2.24) is 14.8 Å². The van der Waals surface area contributed by atoms with Gasteiger partial charge in [0.1, 0.15) is 4.21 Å². The standard InChI is InChI=1S/C18H25N3O5S3/c1-13(2)20-28(23,24)12-16-8-6-15(7-9-16)11-19-18(22)14(3)21-29(25,26)17-5-4-10-27-17/h4-10,13-14,20-21H,11-12H2,1-3H3,(H,19,22). The van der Waals surface area contributed by atoms with Gasteiger partial charge in [-0.15, -0.1) is 11.3 Å². The zero-order chi connectivity index (χ0) is 21.7. The summed E-state index contributed by atoms with van der Waals surface area (Å²) in [6.07, 6.45) is 0. The van der Waals surface area contributed by atoms with Gasteiger partial charge in [0.15, 0.2) is 0 Å². The van der Waals surface area contributed by atoms with E-state index < -0.39 is 32.0 Å². The second kappa shape index (κ2) is 9.81. The molecule has 11 heteroatoms. The lowest BCUT2D eigenvalue weighted by molar-refractivity contribution is -0.122. The molecule has 1 unspecified atom stereocenters. The monoisotopic (exact) mass is 459 g/mol. The molecule has 0 saturated heterocycles. The molecule has 160 valence electrons. The Bertz CT molecular complexity index is 1020. The molecule has 8 nitrogen and oxygen atoms in total. The summed E-state index contributed by atoms with van der Waals surface area (Å²) in [4.78, 5) is 12.2. The van der Waals surface area contributed by atoms with Crippen LogP contribution in [0.3, 0.4) is 0 Å². The Hall–Kier alpha value is -1.79. The lowest BCUT2D eigenvalue weighted by atomic mass is 10.1. The summed E-state index contributed by atoms with van der Waals surface area (Å²) >= 11 is 1.07. The average molecular weight is 460 g/mol. The number of nitrogens with one attached hydrogen (secondary N) is 3. The number of carbonyl (C=O) groups is 1. The van der Waals surface area contributed by atoms with Crippen molar-refractivity contribution in [1.29, 1.82) is 0 Å². The van der Waals surface area contributed by atoms with Gasteiger partial charge in [-0.05, 0) is 43.3 Å². The Kier molecular flexibility index (Phi) is 7.94. The lowest BCUT2D eigenvalue weighted by Gasteiger charge is -2.14. The Labute approximate surface area is 175 Å². The third-order valence-corrected chi connectivity index (χ3v) is 8.23. The lowest BCUT2D eigenvalue weighted by Crippen LogP contribution is -2.44. The van der Waals surface area contributed by atoms with Crippen molar-refractivity contribution in [3.63, 3.8) is 0 Å². The first-order chi connectivity index (χ1) is 13.5. The molecule has 2 rings (SSSR count). The van der Waals surface area contributed by atoms with Crippen LogP contribution < -0.4 is 14.8 Å². The molecule has 0 saturated carbocycles. The minimum atomic E-state index is -3.73. The van der Waals surface area contributed by atoms with E-state index in [9.17, 15) is 21.6 Å². The Morgan fingerprint density at radius 3 is 2.14 bits per heavy atom. The summed E-state index contributed by atoms with van der Waals surface area (Å²) in [6, 6.07) is 8.80. The maximum atomic E-state index is 12.2. The van der Waals surface area contributed by atoms with Gasteiger partial charge in [0.05, 0.1) is 11.8 Å². The highest BCUT2D eigenvalue weighted by atomic mass is 32.2. The minimum Gasteiger partial charge on any atom is -0.351 e. The fraction of sp³-hybridized carbons (Fsp3) is 0.389. The number of amides is 1. The number of thiophene rings is 1. The van der Waals surface area contributed by atoms with Gasteiger partial charge in [-0.3, -0.25) is 4.79 Å². The largest absolute Gasteiger partial charge is 0.351 e. The van der Waals surface area contributed by atoms with Crippen LogP contribution >= 0.6 is 11.3 Å². The molecule has 0 spiro atoms. The molecule has 1 amide bonds. The normalized spacial score (nSPS) is 13.4. The van der Waals surface area contributed by atoms with E-state index in [1.54, 1.807) is 49.6 Å². The van der Waals surface area contributed by atoms with E-state index in [0.29, 0.717) is 5.56 Å². The molecular weight excluding hydrogens is 434 g/mol. The third kappa shape index (κ3) is 7.52. The van der Waals surface area contributed by atoms with Crippen LogP contribution in [-0.2, 0) is 37.1 Å². The number of hydrogen-bond acceptors (Lipinski definition) is 6. The highest BCUT2D eigenvalue weighted by molar-refractivity contribution is 7.91. The van der Waals surface area contributed by atoms with Gasteiger partial charge in [-0.1, -0.05) is 30.3 Å². The Morgan fingerprint density at radius 1 is 0.966 bits per heavy atom. The SMILES string of the molecule is CC(C)NS(=O)(=O)Cc1ccc(CNC(=O)C(C)NS(=O)(=O)c2cccs2)cc1. The number of benzene rings is 1. The quantitative estimate of drug-likeness (QED) is 0.498. The molecule has 1 aromatic carbocycles. The van der Waals surface area contributed by atoms with Gasteiger partial charge in [-0.2, -0.15) is 4.72 Å². The summed E-state index contributed by atoms with van der Waals surface area (Å²) in [7, 11) is -7.13. The van der Waals surface area contributed by atoms with E-state index in [4.69, 9.17) is 0 Å². The van der Waals surface area contributed by atoms with Crippen LogP contribution in [0, 0.1) is 0 Å².